The number of aromatic carboxylic acids is 1. The zero-order valence-electron chi connectivity index (χ0n) is 15.0. The van der Waals surface area contributed by atoms with Crippen LogP contribution in [0.3, 0.4) is 0 Å². The number of hydrogen-bond donors (Lipinski definition) is 2. The molecule has 3 atom stereocenters. The van der Waals surface area contributed by atoms with Gasteiger partial charge in [0.1, 0.15) is 0 Å². The fourth-order valence-electron chi connectivity index (χ4n) is 5.34. The van der Waals surface area contributed by atoms with Crippen LogP contribution in [-0.2, 0) is 11.8 Å². The second-order valence-corrected chi connectivity index (χ2v) is 7.95. The molecule has 24 heavy (non-hydrogen) atoms. The molecule has 2 aliphatic carbocycles. The minimum Gasteiger partial charge on any atom is -0.478 e. The van der Waals surface area contributed by atoms with Gasteiger partial charge in [-0.15, -0.1) is 0 Å². The number of carbonyl (C=O) groups is 1. The third kappa shape index (κ3) is 2.88. The van der Waals surface area contributed by atoms with Crippen LogP contribution < -0.4 is 0 Å². The third-order valence-corrected chi connectivity index (χ3v) is 6.69. The van der Waals surface area contributed by atoms with Gasteiger partial charge in [-0.25, -0.2) is 4.79 Å². The maximum Gasteiger partial charge on any atom is 0.335 e. The molecule has 0 amide bonds. The Balaban J connectivity index is 2.07. The van der Waals surface area contributed by atoms with Gasteiger partial charge < -0.3 is 10.2 Å². The first-order valence-corrected chi connectivity index (χ1v) is 9.53. The Morgan fingerprint density at radius 3 is 2.75 bits per heavy atom. The summed E-state index contributed by atoms with van der Waals surface area (Å²) >= 11 is 0. The van der Waals surface area contributed by atoms with Crippen molar-refractivity contribution in [1.29, 1.82) is 0 Å². The predicted octanol–water partition coefficient (Wildman–Crippen LogP) is 4.70. The van der Waals surface area contributed by atoms with E-state index in [-0.39, 0.29) is 5.41 Å². The SMILES string of the molecule is CCC[C@@]12CC[C@@](O)(CC)C[C@@H]1CCCc1cc(C(=O)O)ccc12. The van der Waals surface area contributed by atoms with Crippen molar-refractivity contribution in [2.75, 3.05) is 0 Å². The van der Waals surface area contributed by atoms with E-state index in [1.54, 1.807) is 6.07 Å². The first kappa shape index (κ1) is 17.5. The second-order valence-electron chi connectivity index (χ2n) is 7.95. The number of benzene rings is 1. The largest absolute Gasteiger partial charge is 0.478 e. The normalized spacial score (nSPS) is 32.5. The van der Waals surface area contributed by atoms with Crippen molar-refractivity contribution in [3.8, 4) is 0 Å². The number of aliphatic hydroxyl groups is 1. The van der Waals surface area contributed by atoms with Gasteiger partial charge in [0, 0.05) is 0 Å². The molecule has 0 unspecified atom stereocenters. The van der Waals surface area contributed by atoms with E-state index in [0.717, 1.165) is 57.8 Å². The van der Waals surface area contributed by atoms with E-state index in [9.17, 15) is 15.0 Å². The molecular formula is C21H30O3. The minimum absolute atomic E-state index is 0.124. The van der Waals surface area contributed by atoms with E-state index in [4.69, 9.17) is 0 Å². The van der Waals surface area contributed by atoms with Gasteiger partial charge in [-0.3, -0.25) is 0 Å². The molecule has 0 spiro atoms. The topological polar surface area (TPSA) is 57.5 Å². The van der Waals surface area contributed by atoms with Gasteiger partial charge in [-0.2, -0.15) is 0 Å². The Labute approximate surface area is 145 Å². The van der Waals surface area contributed by atoms with Gasteiger partial charge in [-0.05, 0) is 86.0 Å². The van der Waals surface area contributed by atoms with Crippen LogP contribution in [0.1, 0.15) is 86.7 Å². The monoisotopic (exact) mass is 330 g/mol. The highest BCUT2D eigenvalue weighted by molar-refractivity contribution is 5.88. The molecule has 3 rings (SSSR count). The molecule has 0 aliphatic heterocycles. The van der Waals surface area contributed by atoms with Crippen LogP contribution in [0.2, 0.25) is 0 Å². The summed E-state index contributed by atoms with van der Waals surface area (Å²) in [5.74, 6) is -0.333. The molecule has 2 aliphatic rings. The number of carboxylic acid groups (broad SMARTS) is 1. The average Bonchev–Trinajstić information content (AvgIpc) is 2.72. The predicted molar refractivity (Wildman–Crippen MR) is 95.5 cm³/mol. The van der Waals surface area contributed by atoms with E-state index in [2.05, 4.69) is 19.9 Å². The van der Waals surface area contributed by atoms with Gasteiger partial charge in [-0.1, -0.05) is 26.3 Å². The Kier molecular flexibility index (Phi) is 4.74. The summed E-state index contributed by atoms with van der Waals surface area (Å²) in [5, 5.41) is 20.2. The highest BCUT2D eigenvalue weighted by Gasteiger charge is 2.49. The summed E-state index contributed by atoms with van der Waals surface area (Å²) in [6.07, 6.45) is 9.06. The van der Waals surface area contributed by atoms with E-state index < -0.39 is 11.6 Å². The smallest absolute Gasteiger partial charge is 0.335 e. The summed E-state index contributed by atoms with van der Waals surface area (Å²) in [6.45, 7) is 4.33. The first-order valence-electron chi connectivity index (χ1n) is 9.53. The molecule has 2 N–H and O–H groups in total. The summed E-state index contributed by atoms with van der Waals surface area (Å²) in [7, 11) is 0. The van der Waals surface area contributed by atoms with Gasteiger partial charge in [0.2, 0.25) is 0 Å². The third-order valence-electron chi connectivity index (χ3n) is 6.69. The Bertz CT molecular complexity index is 624. The van der Waals surface area contributed by atoms with Gasteiger partial charge in [0.05, 0.1) is 11.2 Å². The lowest BCUT2D eigenvalue weighted by Crippen LogP contribution is -2.47. The van der Waals surface area contributed by atoms with Gasteiger partial charge >= 0.3 is 5.97 Å². The molecule has 0 aromatic heterocycles. The molecule has 1 saturated carbocycles. The standard InChI is InChI=1S/C21H30O3/c1-3-10-21-12-11-20(24,4-2)14-17(21)7-5-6-15-13-16(19(22)23)8-9-18(15)21/h8-9,13,17,24H,3-7,10-12,14H2,1-2H3,(H,22,23)/t17-,20-,21+/m0/s1. The fraction of sp³-hybridized carbons (Fsp3) is 0.667. The van der Waals surface area contributed by atoms with Gasteiger partial charge in [0.25, 0.3) is 0 Å². The molecule has 1 aromatic rings. The number of rotatable bonds is 4. The summed E-state index contributed by atoms with van der Waals surface area (Å²) in [5.41, 5.74) is 2.62. The van der Waals surface area contributed by atoms with Crippen molar-refractivity contribution in [2.24, 2.45) is 5.92 Å². The van der Waals surface area contributed by atoms with Crippen LogP contribution >= 0.6 is 0 Å². The van der Waals surface area contributed by atoms with E-state index in [1.807, 2.05) is 6.07 Å². The molecule has 1 aromatic carbocycles. The van der Waals surface area contributed by atoms with Crippen LogP contribution in [0.15, 0.2) is 18.2 Å². The fourth-order valence-corrected chi connectivity index (χ4v) is 5.34. The van der Waals surface area contributed by atoms with Crippen molar-refractivity contribution in [3.63, 3.8) is 0 Å². The van der Waals surface area contributed by atoms with Crippen LogP contribution in [0.4, 0.5) is 0 Å². The Morgan fingerprint density at radius 2 is 2.08 bits per heavy atom. The summed E-state index contributed by atoms with van der Waals surface area (Å²) in [6, 6.07) is 5.77. The number of carboxylic acids is 1. The Morgan fingerprint density at radius 1 is 1.29 bits per heavy atom. The molecular weight excluding hydrogens is 300 g/mol. The number of fused-ring (bicyclic) bond motifs is 3. The van der Waals surface area contributed by atoms with Crippen LogP contribution in [0, 0.1) is 5.92 Å². The molecule has 3 heteroatoms. The highest BCUT2D eigenvalue weighted by atomic mass is 16.4. The minimum atomic E-state index is -0.841. The highest BCUT2D eigenvalue weighted by Crippen LogP contribution is 2.54. The van der Waals surface area contributed by atoms with Crippen molar-refractivity contribution >= 4 is 5.97 Å². The van der Waals surface area contributed by atoms with Gasteiger partial charge in [0.15, 0.2) is 0 Å². The molecule has 132 valence electrons. The molecule has 1 fully saturated rings. The van der Waals surface area contributed by atoms with Crippen molar-refractivity contribution in [2.45, 2.75) is 82.7 Å². The molecule has 0 heterocycles. The zero-order chi connectivity index (χ0) is 17.4. The van der Waals surface area contributed by atoms with Crippen LogP contribution in [-0.4, -0.2) is 21.8 Å². The van der Waals surface area contributed by atoms with E-state index >= 15 is 0 Å². The average molecular weight is 330 g/mol. The summed E-state index contributed by atoms with van der Waals surface area (Å²) < 4.78 is 0. The second kappa shape index (κ2) is 6.51. The lowest BCUT2D eigenvalue weighted by Gasteiger charge is -2.50. The zero-order valence-corrected chi connectivity index (χ0v) is 15.0. The quantitative estimate of drug-likeness (QED) is 0.841. The molecule has 0 saturated heterocycles. The maximum atomic E-state index is 11.4. The van der Waals surface area contributed by atoms with Crippen LogP contribution in [0.5, 0.6) is 0 Å². The number of aryl methyl sites for hydroxylation is 1. The number of hydrogen-bond acceptors (Lipinski definition) is 2. The van der Waals surface area contributed by atoms with E-state index in [1.165, 1.54) is 11.1 Å². The van der Waals surface area contributed by atoms with Crippen molar-refractivity contribution < 1.29 is 15.0 Å². The van der Waals surface area contributed by atoms with E-state index in [0.29, 0.717) is 11.5 Å². The lowest BCUT2D eigenvalue weighted by atomic mass is 9.56. The molecule has 0 bridgehead atoms. The summed E-state index contributed by atoms with van der Waals surface area (Å²) in [4.78, 5) is 11.4. The maximum absolute atomic E-state index is 11.4. The molecule has 3 nitrogen and oxygen atoms in total. The Hall–Kier alpha value is -1.35. The molecule has 0 radical (unpaired) electrons. The first-order chi connectivity index (χ1) is 11.4. The van der Waals surface area contributed by atoms with Crippen molar-refractivity contribution in [1.82, 2.24) is 0 Å². The van der Waals surface area contributed by atoms with Crippen molar-refractivity contribution in [3.05, 3.63) is 34.9 Å². The lowest BCUT2D eigenvalue weighted by molar-refractivity contribution is -0.0517. The van der Waals surface area contributed by atoms with Crippen LogP contribution in [0.25, 0.3) is 0 Å².